The molecule has 2 aromatic carbocycles. The van der Waals surface area contributed by atoms with E-state index < -0.39 is 5.76 Å². The summed E-state index contributed by atoms with van der Waals surface area (Å²) in [5.41, 5.74) is 2.20. The van der Waals surface area contributed by atoms with Crippen LogP contribution in [0, 0.1) is 7.14 Å². The molecule has 0 fully saturated rings. The van der Waals surface area contributed by atoms with E-state index in [9.17, 15) is 4.79 Å². The van der Waals surface area contributed by atoms with Crippen molar-refractivity contribution in [2.75, 3.05) is 0 Å². The first kappa shape index (κ1) is 13.0. The van der Waals surface area contributed by atoms with Gasteiger partial charge in [-0.25, -0.2) is 4.79 Å². The summed E-state index contributed by atoms with van der Waals surface area (Å²) >= 11 is 4.32. The summed E-state index contributed by atoms with van der Waals surface area (Å²) in [5, 5.41) is 0. The number of benzene rings is 2. The molecular weight excluding hydrogens is 472 g/mol. The summed E-state index contributed by atoms with van der Waals surface area (Å²) in [7, 11) is 0. The van der Waals surface area contributed by atoms with Gasteiger partial charge in [0.25, 0.3) is 0 Å². The predicted molar refractivity (Wildman–Crippen MR) is 89.7 cm³/mol. The van der Waals surface area contributed by atoms with Crippen LogP contribution >= 0.6 is 45.2 Å². The Labute approximate surface area is 134 Å². The van der Waals surface area contributed by atoms with E-state index in [-0.39, 0.29) is 0 Å². The zero-order valence-electron chi connectivity index (χ0n) is 9.44. The molecule has 96 valence electrons. The molecule has 0 atom stereocenters. The van der Waals surface area contributed by atoms with Gasteiger partial charge in [0.05, 0.1) is 3.57 Å². The van der Waals surface area contributed by atoms with Gasteiger partial charge in [0.15, 0.2) is 16.7 Å². The summed E-state index contributed by atoms with van der Waals surface area (Å²) in [6.45, 7) is 0. The van der Waals surface area contributed by atoms with Gasteiger partial charge in [-0.1, -0.05) is 12.1 Å². The van der Waals surface area contributed by atoms with Gasteiger partial charge in [-0.3, -0.25) is 4.98 Å². The van der Waals surface area contributed by atoms with Gasteiger partial charge < -0.3 is 8.83 Å². The molecule has 3 aromatic rings. The molecule has 1 N–H and O–H groups in total. The fourth-order valence-electron chi connectivity index (χ4n) is 1.71. The van der Waals surface area contributed by atoms with Crippen LogP contribution in [0.5, 0.6) is 0 Å². The van der Waals surface area contributed by atoms with Crippen LogP contribution in [0.25, 0.3) is 22.3 Å². The quantitative estimate of drug-likeness (QED) is 0.493. The van der Waals surface area contributed by atoms with Crippen molar-refractivity contribution in [2.45, 2.75) is 0 Å². The minimum atomic E-state index is -0.517. The first-order valence-electron chi connectivity index (χ1n) is 5.39. The topological polar surface area (TPSA) is 59.1 Å². The summed E-state index contributed by atoms with van der Waals surface area (Å²) in [5.74, 6) is -0.517. The molecule has 0 spiro atoms. The number of aromatic nitrogens is 1. The highest BCUT2D eigenvalue weighted by Gasteiger charge is 2.06. The molecule has 0 radical (unpaired) electrons. The fraction of sp³-hybridized carbons (Fsp3) is 0. The molecule has 0 unspecified atom stereocenters. The van der Waals surface area contributed by atoms with Gasteiger partial charge in [-0.15, -0.1) is 0 Å². The number of hydrogen-bond acceptors (Lipinski definition) is 3. The maximum Gasteiger partial charge on any atom is 0.417 e. The van der Waals surface area contributed by atoms with Gasteiger partial charge >= 0.3 is 5.76 Å². The standard InChI is InChI=1S/C13H7I2NO3/c14-7-5-6-8(15)12-11(7)16-13(17)19-10-4-2-1-3-9(10)18-12/h1-6H,(H,16,17). The summed E-state index contributed by atoms with van der Waals surface area (Å²) in [6.07, 6.45) is 0. The van der Waals surface area contributed by atoms with Gasteiger partial charge in [-0.05, 0) is 69.4 Å². The monoisotopic (exact) mass is 479 g/mol. The minimum absolute atomic E-state index is 0.403. The Morgan fingerprint density at radius 2 is 1.53 bits per heavy atom. The van der Waals surface area contributed by atoms with E-state index in [0.29, 0.717) is 22.3 Å². The number of H-pyrrole nitrogens is 1. The summed E-state index contributed by atoms with van der Waals surface area (Å²) in [6, 6.07) is 10.9. The zero-order valence-corrected chi connectivity index (χ0v) is 13.8. The predicted octanol–water partition coefficient (Wildman–Crippen LogP) is 4.20. The van der Waals surface area contributed by atoms with Crippen molar-refractivity contribution >= 4 is 67.4 Å². The van der Waals surface area contributed by atoms with E-state index in [1.54, 1.807) is 18.2 Å². The highest BCUT2D eigenvalue weighted by molar-refractivity contribution is 14.1. The molecule has 4 nitrogen and oxygen atoms in total. The number of para-hydroxylation sites is 2. The second-order valence-corrected chi connectivity index (χ2v) is 6.12. The molecule has 1 heterocycles. The number of fused-ring (bicyclic) bond motifs is 2. The number of rotatable bonds is 0. The van der Waals surface area contributed by atoms with Crippen LogP contribution in [0.2, 0.25) is 0 Å². The molecule has 0 bridgehead atoms. The molecule has 0 aliphatic heterocycles. The Kier molecular flexibility index (Phi) is 3.52. The van der Waals surface area contributed by atoms with Crippen LogP contribution in [-0.4, -0.2) is 4.98 Å². The van der Waals surface area contributed by atoms with E-state index in [1.807, 2.05) is 18.2 Å². The fourth-order valence-corrected chi connectivity index (χ4v) is 2.82. The molecule has 1 aromatic heterocycles. The molecule has 0 amide bonds. The van der Waals surface area contributed by atoms with Gasteiger partial charge in [0.1, 0.15) is 5.52 Å². The SMILES string of the molecule is O=c1[nH]c2c(I)ccc(I)c2oc2ccccc2o1. The number of hydrogen-bond donors (Lipinski definition) is 1. The van der Waals surface area contributed by atoms with E-state index >= 15 is 0 Å². The number of nitrogens with one attached hydrogen (secondary N) is 1. The maximum atomic E-state index is 11.8. The van der Waals surface area contributed by atoms with Crippen molar-refractivity contribution in [3.05, 3.63) is 54.1 Å². The Morgan fingerprint density at radius 1 is 0.895 bits per heavy atom. The zero-order chi connectivity index (χ0) is 13.4. The lowest BCUT2D eigenvalue weighted by molar-refractivity contribution is 0.524. The van der Waals surface area contributed by atoms with Crippen molar-refractivity contribution in [3.8, 4) is 0 Å². The van der Waals surface area contributed by atoms with Crippen molar-refractivity contribution in [2.24, 2.45) is 0 Å². The second-order valence-electron chi connectivity index (χ2n) is 3.80. The average molecular weight is 479 g/mol. The average Bonchev–Trinajstić information content (AvgIpc) is 2.37. The third-order valence-corrected chi connectivity index (χ3v) is 4.30. The first-order chi connectivity index (χ1) is 9.15. The Hall–Kier alpha value is -1.03. The van der Waals surface area contributed by atoms with Crippen LogP contribution in [-0.2, 0) is 0 Å². The lowest BCUT2D eigenvalue weighted by Gasteiger charge is -2.01. The maximum absolute atomic E-state index is 11.8. The van der Waals surface area contributed by atoms with E-state index in [0.717, 1.165) is 7.14 Å². The van der Waals surface area contributed by atoms with Gasteiger partial charge in [-0.2, -0.15) is 0 Å². The highest BCUT2D eigenvalue weighted by Crippen LogP contribution is 2.24. The van der Waals surface area contributed by atoms with Crippen LogP contribution in [0.1, 0.15) is 0 Å². The molecule has 3 rings (SSSR count). The molecule has 0 saturated heterocycles. The normalized spacial score (nSPS) is 10.8. The van der Waals surface area contributed by atoms with Crippen molar-refractivity contribution in [3.63, 3.8) is 0 Å². The smallest absolute Gasteiger partial charge is 0.417 e. The van der Waals surface area contributed by atoms with E-state index in [4.69, 9.17) is 8.83 Å². The lowest BCUT2D eigenvalue weighted by atomic mass is 10.3. The van der Waals surface area contributed by atoms with Crippen molar-refractivity contribution in [1.29, 1.82) is 0 Å². The second kappa shape index (κ2) is 5.16. The van der Waals surface area contributed by atoms with Crippen molar-refractivity contribution in [1.82, 2.24) is 4.98 Å². The Bertz CT molecular complexity index is 874. The van der Waals surface area contributed by atoms with Gasteiger partial charge in [0, 0.05) is 3.57 Å². The van der Waals surface area contributed by atoms with Crippen LogP contribution in [0.4, 0.5) is 0 Å². The molecule has 0 aliphatic carbocycles. The third-order valence-electron chi connectivity index (χ3n) is 2.55. The van der Waals surface area contributed by atoms with Crippen LogP contribution < -0.4 is 5.76 Å². The minimum Gasteiger partial charge on any atom is -0.450 e. The first-order valence-corrected chi connectivity index (χ1v) is 7.54. The molecule has 19 heavy (non-hydrogen) atoms. The third kappa shape index (κ3) is 2.50. The molecule has 6 heteroatoms. The molecule has 0 saturated carbocycles. The van der Waals surface area contributed by atoms with E-state index in [2.05, 4.69) is 50.2 Å². The summed E-state index contributed by atoms with van der Waals surface area (Å²) < 4.78 is 12.9. The van der Waals surface area contributed by atoms with E-state index in [1.165, 1.54) is 0 Å². The largest absolute Gasteiger partial charge is 0.450 e. The van der Waals surface area contributed by atoms with Crippen molar-refractivity contribution < 1.29 is 8.83 Å². The van der Waals surface area contributed by atoms with Crippen LogP contribution in [0.15, 0.2) is 50.0 Å². The number of aromatic amines is 1. The van der Waals surface area contributed by atoms with Gasteiger partial charge in [0.2, 0.25) is 0 Å². The molecular formula is C13H7I2NO3. The summed E-state index contributed by atoms with van der Waals surface area (Å²) in [4.78, 5) is 14.5. The Morgan fingerprint density at radius 3 is 2.26 bits per heavy atom. The Balaban J connectivity index is 2.65. The van der Waals surface area contributed by atoms with Crippen LogP contribution in [0.3, 0.4) is 0 Å². The molecule has 0 aliphatic rings. The lowest BCUT2D eigenvalue weighted by Crippen LogP contribution is -2.02. The highest BCUT2D eigenvalue weighted by atomic mass is 127. The number of halogens is 2.